The molecule has 0 bridgehead atoms. The SMILES string of the molecule is CCc1cccc(CC)c1C(=O)P(=O)(CC(C)C)C(=O)c1c(C)cc(C)cc1C. The summed E-state index contributed by atoms with van der Waals surface area (Å²) in [6, 6.07) is 9.57. The van der Waals surface area contributed by atoms with E-state index in [1.54, 1.807) is 0 Å². The number of benzene rings is 2. The van der Waals surface area contributed by atoms with Crippen molar-refractivity contribution in [1.82, 2.24) is 0 Å². The molecule has 29 heavy (non-hydrogen) atoms. The summed E-state index contributed by atoms with van der Waals surface area (Å²) in [6.45, 7) is 13.5. The average molecular weight is 413 g/mol. The van der Waals surface area contributed by atoms with Crippen LogP contribution in [0.1, 0.15) is 76.2 Å². The van der Waals surface area contributed by atoms with Crippen LogP contribution in [-0.2, 0) is 17.4 Å². The van der Waals surface area contributed by atoms with Gasteiger partial charge in [-0.2, -0.15) is 0 Å². The summed E-state index contributed by atoms with van der Waals surface area (Å²) in [5.74, 6) is -0.0290. The molecule has 156 valence electrons. The van der Waals surface area contributed by atoms with E-state index in [0.29, 0.717) is 24.0 Å². The zero-order chi connectivity index (χ0) is 21.9. The summed E-state index contributed by atoms with van der Waals surface area (Å²) in [5, 5.41) is 0. The van der Waals surface area contributed by atoms with Crippen LogP contribution in [0.25, 0.3) is 0 Å². The van der Waals surface area contributed by atoms with E-state index in [9.17, 15) is 14.2 Å². The van der Waals surface area contributed by atoms with Gasteiger partial charge in [0.25, 0.3) is 0 Å². The van der Waals surface area contributed by atoms with Crippen LogP contribution in [0, 0.1) is 26.7 Å². The van der Waals surface area contributed by atoms with E-state index in [1.165, 1.54) is 0 Å². The molecule has 0 heterocycles. The number of hydrogen-bond acceptors (Lipinski definition) is 3. The van der Waals surface area contributed by atoms with Crippen LogP contribution in [0.2, 0.25) is 0 Å². The van der Waals surface area contributed by atoms with Crippen molar-refractivity contribution in [3.05, 3.63) is 69.3 Å². The molecule has 4 heteroatoms. The molecule has 2 aromatic rings. The molecule has 0 aliphatic rings. The molecule has 0 radical (unpaired) electrons. The van der Waals surface area contributed by atoms with Crippen LogP contribution in [-0.4, -0.2) is 17.2 Å². The maximum atomic E-state index is 14.3. The first-order valence-corrected chi connectivity index (χ1v) is 12.3. The molecular formula is C25H33O3P. The quantitative estimate of drug-likeness (QED) is 0.451. The topological polar surface area (TPSA) is 51.2 Å². The molecule has 2 rings (SSSR count). The zero-order valence-corrected chi connectivity index (χ0v) is 19.7. The van der Waals surface area contributed by atoms with Gasteiger partial charge in [0.05, 0.1) is 0 Å². The predicted octanol–water partition coefficient (Wildman–Crippen LogP) is 6.74. The maximum absolute atomic E-state index is 14.3. The van der Waals surface area contributed by atoms with E-state index < -0.39 is 18.2 Å². The first-order chi connectivity index (χ1) is 13.6. The molecule has 1 unspecified atom stereocenters. The summed E-state index contributed by atoms with van der Waals surface area (Å²) in [6.07, 6.45) is 1.42. The molecule has 0 aliphatic heterocycles. The average Bonchev–Trinajstić information content (AvgIpc) is 2.65. The molecule has 0 aromatic heterocycles. The third-order valence-electron chi connectivity index (χ3n) is 5.38. The fourth-order valence-corrected chi connectivity index (χ4v) is 7.07. The van der Waals surface area contributed by atoms with Crippen molar-refractivity contribution in [2.24, 2.45) is 5.92 Å². The van der Waals surface area contributed by atoms with Crippen molar-refractivity contribution in [3.8, 4) is 0 Å². The van der Waals surface area contributed by atoms with Gasteiger partial charge in [0.1, 0.15) is 0 Å². The van der Waals surface area contributed by atoms with E-state index in [-0.39, 0.29) is 12.1 Å². The van der Waals surface area contributed by atoms with E-state index >= 15 is 0 Å². The van der Waals surface area contributed by atoms with Gasteiger partial charge in [0.2, 0.25) is 18.2 Å². The van der Waals surface area contributed by atoms with Crippen molar-refractivity contribution in [2.75, 3.05) is 6.16 Å². The Morgan fingerprint density at radius 2 is 1.31 bits per heavy atom. The van der Waals surface area contributed by atoms with Crippen molar-refractivity contribution < 1.29 is 14.2 Å². The highest BCUT2D eigenvalue weighted by molar-refractivity contribution is 7.95. The highest BCUT2D eigenvalue weighted by Crippen LogP contribution is 2.54. The largest absolute Gasteiger partial charge is 0.307 e. The Kier molecular flexibility index (Phi) is 7.40. The number of aryl methyl sites for hydroxylation is 5. The summed E-state index contributed by atoms with van der Waals surface area (Å²) in [7, 11) is -3.83. The van der Waals surface area contributed by atoms with Crippen LogP contribution in [0.3, 0.4) is 0 Å². The molecule has 1 atom stereocenters. The molecule has 3 nitrogen and oxygen atoms in total. The minimum atomic E-state index is -3.83. The van der Waals surface area contributed by atoms with Gasteiger partial charge in [-0.1, -0.05) is 63.6 Å². The van der Waals surface area contributed by atoms with Crippen LogP contribution >= 0.6 is 7.14 Å². The highest BCUT2D eigenvalue weighted by atomic mass is 31.2. The van der Waals surface area contributed by atoms with Crippen molar-refractivity contribution >= 4 is 18.2 Å². The Morgan fingerprint density at radius 1 is 0.862 bits per heavy atom. The standard InChI is InChI=1S/C25H33O3P/c1-8-20-11-10-12-21(9-2)23(20)25(27)29(28,15-16(3)4)24(26)22-18(6)13-17(5)14-19(22)7/h10-14,16H,8-9,15H2,1-7H3. The van der Waals surface area contributed by atoms with E-state index in [1.807, 2.05) is 78.8 Å². The number of hydrogen-bond donors (Lipinski definition) is 0. The second-order valence-corrected chi connectivity index (χ2v) is 11.0. The Balaban J connectivity index is 2.73. The molecule has 2 aromatic carbocycles. The molecule has 0 saturated carbocycles. The van der Waals surface area contributed by atoms with Crippen LogP contribution in [0.5, 0.6) is 0 Å². The molecule has 0 aliphatic carbocycles. The van der Waals surface area contributed by atoms with Gasteiger partial charge in [-0.25, -0.2) is 0 Å². The van der Waals surface area contributed by atoms with Crippen LogP contribution in [0.15, 0.2) is 30.3 Å². The van der Waals surface area contributed by atoms with Gasteiger partial charge in [0.15, 0.2) is 0 Å². The van der Waals surface area contributed by atoms with Crippen molar-refractivity contribution in [3.63, 3.8) is 0 Å². The Bertz CT molecular complexity index is 940. The predicted molar refractivity (Wildman–Crippen MR) is 122 cm³/mol. The third-order valence-corrected chi connectivity index (χ3v) is 8.39. The second kappa shape index (κ2) is 9.22. The van der Waals surface area contributed by atoms with E-state index in [0.717, 1.165) is 27.8 Å². The summed E-state index contributed by atoms with van der Waals surface area (Å²) in [4.78, 5) is 27.5. The Morgan fingerprint density at radius 3 is 1.72 bits per heavy atom. The minimum absolute atomic E-state index is 0.0290. The summed E-state index contributed by atoms with van der Waals surface area (Å²) >= 11 is 0. The van der Waals surface area contributed by atoms with Gasteiger partial charge in [0, 0.05) is 17.3 Å². The molecular weight excluding hydrogens is 379 g/mol. The molecule has 0 fully saturated rings. The third kappa shape index (κ3) is 4.61. The summed E-state index contributed by atoms with van der Waals surface area (Å²) < 4.78 is 14.3. The normalized spacial score (nSPS) is 13.4. The fraction of sp³-hybridized carbons (Fsp3) is 0.440. The Hall–Kier alpha value is -1.99. The van der Waals surface area contributed by atoms with Gasteiger partial charge < -0.3 is 4.57 Å². The number of rotatable bonds is 8. The Labute approximate surface area is 175 Å². The van der Waals surface area contributed by atoms with Gasteiger partial charge in [-0.3, -0.25) is 9.59 Å². The van der Waals surface area contributed by atoms with Crippen LogP contribution < -0.4 is 0 Å². The lowest BCUT2D eigenvalue weighted by molar-refractivity contribution is 0.103. The van der Waals surface area contributed by atoms with Crippen molar-refractivity contribution in [1.29, 1.82) is 0 Å². The lowest BCUT2D eigenvalue weighted by Crippen LogP contribution is -2.20. The van der Waals surface area contributed by atoms with E-state index in [4.69, 9.17) is 0 Å². The second-order valence-electron chi connectivity index (χ2n) is 8.36. The number of carbonyl (C=O) groups is 2. The maximum Gasteiger partial charge on any atom is 0.229 e. The zero-order valence-electron chi connectivity index (χ0n) is 18.8. The smallest absolute Gasteiger partial charge is 0.229 e. The minimum Gasteiger partial charge on any atom is -0.307 e. The lowest BCUT2D eigenvalue weighted by atomic mass is 9.98. The first kappa shape index (κ1) is 23.3. The number of carbonyl (C=O) groups excluding carboxylic acids is 2. The molecule has 0 spiro atoms. The first-order valence-electron chi connectivity index (χ1n) is 10.4. The fourth-order valence-electron chi connectivity index (χ4n) is 4.17. The van der Waals surface area contributed by atoms with E-state index in [2.05, 4.69) is 0 Å². The lowest BCUT2D eigenvalue weighted by Gasteiger charge is -2.22. The van der Waals surface area contributed by atoms with Gasteiger partial charge in [-0.15, -0.1) is 0 Å². The van der Waals surface area contributed by atoms with Gasteiger partial charge in [-0.05, 0) is 61.8 Å². The molecule has 0 N–H and O–H groups in total. The van der Waals surface area contributed by atoms with Crippen LogP contribution in [0.4, 0.5) is 0 Å². The molecule has 0 saturated heterocycles. The summed E-state index contributed by atoms with van der Waals surface area (Å²) in [5.41, 5.74) is 4.33. The monoisotopic (exact) mass is 412 g/mol. The molecule has 0 amide bonds. The highest BCUT2D eigenvalue weighted by Gasteiger charge is 2.43. The van der Waals surface area contributed by atoms with Crippen molar-refractivity contribution in [2.45, 2.75) is 61.3 Å². The van der Waals surface area contributed by atoms with Gasteiger partial charge >= 0.3 is 0 Å².